The molecule has 10 heteroatoms. The Morgan fingerprint density at radius 1 is 1.13 bits per heavy atom. The molecule has 2 aromatic heterocycles. The molecule has 9 nitrogen and oxygen atoms in total. The second kappa shape index (κ2) is 9.00. The zero-order chi connectivity index (χ0) is 22.7. The Bertz CT molecular complexity index is 1190. The monoisotopic (exact) mass is 444 g/mol. The summed E-state index contributed by atoms with van der Waals surface area (Å²) in [6.45, 7) is 4.49. The number of hydrogen-bond acceptors (Lipinski definition) is 8. The molecule has 0 saturated carbocycles. The van der Waals surface area contributed by atoms with Gasteiger partial charge < -0.3 is 24.9 Å². The number of hydrogen-bond donors (Lipinski definition) is 2. The fourth-order valence-electron chi connectivity index (χ4n) is 2.96. The number of amides is 2. The van der Waals surface area contributed by atoms with Crippen LogP contribution in [-0.4, -0.2) is 37.0 Å². The summed E-state index contributed by atoms with van der Waals surface area (Å²) >= 11 is 0.846. The zero-order valence-electron chi connectivity index (χ0n) is 17.1. The van der Waals surface area contributed by atoms with E-state index in [1.165, 1.54) is 13.0 Å². The van der Waals surface area contributed by atoms with Crippen LogP contribution in [-0.2, 0) is 14.3 Å². The third-order valence-electron chi connectivity index (χ3n) is 4.38. The number of rotatable bonds is 7. The minimum atomic E-state index is -0.809. The first-order chi connectivity index (χ1) is 14.7. The zero-order valence-corrected chi connectivity index (χ0v) is 17.9. The van der Waals surface area contributed by atoms with Gasteiger partial charge in [0.15, 0.2) is 6.61 Å². The van der Waals surface area contributed by atoms with Crippen molar-refractivity contribution in [2.45, 2.75) is 20.8 Å². The number of anilines is 1. The molecule has 0 saturated heterocycles. The number of aryl methyl sites for hydroxylation is 1. The molecule has 3 rings (SSSR count). The fraction of sp³-hybridized carbons (Fsp3) is 0.238. The Morgan fingerprint density at radius 3 is 2.52 bits per heavy atom. The largest absolute Gasteiger partial charge is 0.462 e. The highest BCUT2D eigenvalue weighted by atomic mass is 32.1. The molecule has 1 aromatic carbocycles. The van der Waals surface area contributed by atoms with Crippen LogP contribution < -0.4 is 11.1 Å². The lowest BCUT2D eigenvalue weighted by atomic mass is 10.1. The van der Waals surface area contributed by atoms with Crippen molar-refractivity contribution in [2.24, 2.45) is 5.73 Å². The number of nitrogens with one attached hydrogen (secondary N) is 1. The summed E-state index contributed by atoms with van der Waals surface area (Å²) in [6, 6.07) is 7.00. The van der Waals surface area contributed by atoms with Crippen molar-refractivity contribution in [3.8, 4) is 0 Å². The van der Waals surface area contributed by atoms with E-state index >= 15 is 0 Å². The summed E-state index contributed by atoms with van der Waals surface area (Å²) in [4.78, 5) is 48.6. The van der Waals surface area contributed by atoms with Crippen molar-refractivity contribution in [1.29, 1.82) is 0 Å². The molecular weight excluding hydrogens is 424 g/mol. The van der Waals surface area contributed by atoms with Crippen molar-refractivity contribution in [3.63, 3.8) is 0 Å². The summed E-state index contributed by atoms with van der Waals surface area (Å²) in [7, 11) is 0. The van der Waals surface area contributed by atoms with E-state index < -0.39 is 30.4 Å². The molecule has 0 aliphatic rings. The number of carbonyl (C=O) groups excluding carboxylic acids is 4. The van der Waals surface area contributed by atoms with E-state index in [0.29, 0.717) is 11.1 Å². The SMILES string of the molecule is CCOC(=O)c1c(NC(=O)COC(=O)c2cc3cccc(C)c3o2)sc(C(N)=O)c1C. The van der Waals surface area contributed by atoms with E-state index in [4.69, 9.17) is 19.6 Å². The molecule has 3 aromatic rings. The van der Waals surface area contributed by atoms with Gasteiger partial charge in [0.25, 0.3) is 11.8 Å². The molecule has 2 amide bonds. The lowest BCUT2D eigenvalue weighted by molar-refractivity contribution is -0.119. The highest BCUT2D eigenvalue weighted by molar-refractivity contribution is 7.18. The molecule has 31 heavy (non-hydrogen) atoms. The molecule has 0 fully saturated rings. The number of ether oxygens (including phenoxy) is 2. The average molecular weight is 444 g/mol. The first-order valence-electron chi connectivity index (χ1n) is 9.29. The number of furan rings is 1. The van der Waals surface area contributed by atoms with E-state index in [1.54, 1.807) is 13.0 Å². The summed E-state index contributed by atoms with van der Waals surface area (Å²) in [6.07, 6.45) is 0. The number of carbonyl (C=O) groups is 4. The van der Waals surface area contributed by atoms with Gasteiger partial charge in [0.05, 0.1) is 17.0 Å². The van der Waals surface area contributed by atoms with Crippen molar-refractivity contribution in [1.82, 2.24) is 0 Å². The van der Waals surface area contributed by atoms with E-state index in [0.717, 1.165) is 22.3 Å². The van der Waals surface area contributed by atoms with Gasteiger partial charge in [-0.25, -0.2) is 9.59 Å². The number of para-hydroxylation sites is 1. The Kier molecular flexibility index (Phi) is 6.40. The second-order valence-electron chi connectivity index (χ2n) is 6.57. The summed E-state index contributed by atoms with van der Waals surface area (Å²) in [5, 5.41) is 3.30. The first-order valence-corrected chi connectivity index (χ1v) is 10.1. The van der Waals surface area contributed by atoms with Gasteiger partial charge in [0, 0.05) is 5.39 Å². The number of benzene rings is 1. The number of nitrogens with two attached hydrogens (primary N) is 1. The van der Waals surface area contributed by atoms with Crippen LogP contribution in [0.1, 0.15) is 48.6 Å². The number of thiophene rings is 1. The first kappa shape index (κ1) is 22.0. The maximum atomic E-state index is 12.3. The normalized spacial score (nSPS) is 10.7. The van der Waals surface area contributed by atoms with Crippen LogP contribution in [0.4, 0.5) is 5.00 Å². The van der Waals surface area contributed by atoms with Gasteiger partial charge >= 0.3 is 11.9 Å². The molecule has 2 heterocycles. The maximum absolute atomic E-state index is 12.3. The van der Waals surface area contributed by atoms with Crippen molar-refractivity contribution in [3.05, 3.63) is 51.6 Å². The Hall–Kier alpha value is -3.66. The molecule has 3 N–H and O–H groups in total. The van der Waals surface area contributed by atoms with Crippen LogP contribution in [0.3, 0.4) is 0 Å². The number of esters is 2. The van der Waals surface area contributed by atoms with Gasteiger partial charge in [-0.1, -0.05) is 18.2 Å². The topological polar surface area (TPSA) is 138 Å². The van der Waals surface area contributed by atoms with Gasteiger partial charge in [0.2, 0.25) is 5.76 Å². The van der Waals surface area contributed by atoms with Gasteiger partial charge in [-0.05, 0) is 38.0 Å². The second-order valence-corrected chi connectivity index (χ2v) is 7.59. The van der Waals surface area contributed by atoms with Crippen LogP contribution in [0.5, 0.6) is 0 Å². The smallest absolute Gasteiger partial charge is 0.374 e. The van der Waals surface area contributed by atoms with E-state index in [9.17, 15) is 19.2 Å². The summed E-state index contributed by atoms with van der Waals surface area (Å²) in [5.41, 5.74) is 7.10. The van der Waals surface area contributed by atoms with Gasteiger partial charge in [-0.15, -0.1) is 11.3 Å². The molecule has 0 aliphatic carbocycles. The Morgan fingerprint density at radius 2 is 1.87 bits per heavy atom. The van der Waals surface area contributed by atoms with E-state index in [1.807, 2.05) is 19.1 Å². The van der Waals surface area contributed by atoms with Crippen molar-refractivity contribution < 1.29 is 33.1 Å². The molecule has 162 valence electrons. The van der Waals surface area contributed by atoms with E-state index in [-0.39, 0.29) is 27.8 Å². The molecule has 0 unspecified atom stereocenters. The highest BCUT2D eigenvalue weighted by Gasteiger charge is 2.26. The van der Waals surface area contributed by atoms with E-state index in [2.05, 4.69) is 5.32 Å². The molecule has 0 atom stereocenters. The predicted octanol–water partition coefficient (Wildman–Crippen LogP) is 3.18. The van der Waals surface area contributed by atoms with Crippen LogP contribution in [0.2, 0.25) is 0 Å². The van der Waals surface area contributed by atoms with Crippen LogP contribution >= 0.6 is 11.3 Å². The average Bonchev–Trinajstić information content (AvgIpc) is 3.28. The summed E-state index contributed by atoms with van der Waals surface area (Å²) in [5.74, 6) is -2.99. The van der Waals surface area contributed by atoms with Crippen LogP contribution in [0.15, 0.2) is 28.7 Å². The Labute approximate surface area is 181 Å². The Balaban J connectivity index is 1.72. The van der Waals surface area contributed by atoms with Crippen LogP contribution in [0, 0.1) is 13.8 Å². The molecule has 0 radical (unpaired) electrons. The fourth-order valence-corrected chi connectivity index (χ4v) is 4.02. The van der Waals surface area contributed by atoms with Gasteiger partial charge in [0.1, 0.15) is 10.6 Å². The minimum absolute atomic E-state index is 0.0349. The van der Waals surface area contributed by atoms with Crippen molar-refractivity contribution >= 4 is 51.1 Å². The standard InChI is InChI=1S/C21H20N2O7S/c1-4-28-21(27)15-11(3)17(18(22)25)31-19(15)23-14(24)9-29-20(26)13-8-12-7-5-6-10(2)16(12)30-13/h5-8H,4,9H2,1-3H3,(H2,22,25)(H,23,24). The predicted molar refractivity (Wildman–Crippen MR) is 113 cm³/mol. The quantitative estimate of drug-likeness (QED) is 0.534. The maximum Gasteiger partial charge on any atom is 0.374 e. The molecule has 0 aliphatic heterocycles. The van der Waals surface area contributed by atoms with Gasteiger partial charge in [-0.3, -0.25) is 9.59 Å². The summed E-state index contributed by atoms with van der Waals surface area (Å²) < 4.78 is 15.5. The lowest BCUT2D eigenvalue weighted by Crippen LogP contribution is -2.21. The number of primary amides is 1. The highest BCUT2D eigenvalue weighted by Crippen LogP contribution is 2.33. The third-order valence-corrected chi connectivity index (χ3v) is 5.60. The molecule has 0 bridgehead atoms. The van der Waals surface area contributed by atoms with Crippen molar-refractivity contribution in [2.75, 3.05) is 18.5 Å². The van der Waals surface area contributed by atoms with Gasteiger partial charge in [-0.2, -0.15) is 0 Å². The number of fused-ring (bicyclic) bond motifs is 1. The minimum Gasteiger partial charge on any atom is -0.462 e. The lowest BCUT2D eigenvalue weighted by Gasteiger charge is -2.07. The van der Waals surface area contributed by atoms with Crippen LogP contribution in [0.25, 0.3) is 11.0 Å². The molecular formula is C21H20N2O7S. The third kappa shape index (κ3) is 4.58. The molecule has 0 spiro atoms.